The van der Waals surface area contributed by atoms with Gasteiger partial charge in [0, 0.05) is 12.1 Å². The number of hydrogen-bond acceptors (Lipinski definition) is 2. The largest absolute Gasteiger partial charge is 0.337 e. The fourth-order valence-electron chi connectivity index (χ4n) is 1.70. The molecule has 0 bridgehead atoms. The van der Waals surface area contributed by atoms with Crippen molar-refractivity contribution in [1.82, 2.24) is 9.97 Å². The van der Waals surface area contributed by atoms with Gasteiger partial charge in [0.2, 0.25) is 0 Å². The average molecular weight is 285 g/mol. The number of fused-ring (bicyclic) bond motifs is 1. The number of aryl methyl sites for hydroxylation is 1. The van der Waals surface area contributed by atoms with Crippen molar-refractivity contribution in [1.29, 1.82) is 0 Å². The Balaban J connectivity index is 2.22. The van der Waals surface area contributed by atoms with Crippen molar-refractivity contribution in [2.75, 3.05) is 0 Å². The van der Waals surface area contributed by atoms with Gasteiger partial charge in [0.05, 0.1) is 20.9 Å². The predicted molar refractivity (Wildman–Crippen MR) is 69.1 cm³/mol. The smallest absolute Gasteiger partial charge is 0.161 e. The Bertz CT molecular complexity index is 709. The van der Waals surface area contributed by atoms with E-state index < -0.39 is 11.6 Å². The summed E-state index contributed by atoms with van der Waals surface area (Å²) < 4.78 is 26.2. The molecular formula is C12H7ClF2N2S. The van der Waals surface area contributed by atoms with Gasteiger partial charge in [0.1, 0.15) is 5.82 Å². The lowest BCUT2D eigenvalue weighted by atomic mass is 10.3. The standard InChI is InChI=1S/C12H7ClF2N2S/c1-5-4-18-11(10(5)13)12-16-8-2-6(14)7(15)3-9(8)17-12/h2-4H,1H3,(H,16,17). The number of benzene rings is 1. The lowest BCUT2D eigenvalue weighted by Crippen LogP contribution is -1.82. The van der Waals surface area contributed by atoms with Crippen LogP contribution in [0.2, 0.25) is 5.02 Å². The maximum Gasteiger partial charge on any atom is 0.161 e. The van der Waals surface area contributed by atoms with Gasteiger partial charge < -0.3 is 4.98 Å². The van der Waals surface area contributed by atoms with Crippen molar-refractivity contribution in [2.24, 2.45) is 0 Å². The molecule has 1 N–H and O–H groups in total. The minimum Gasteiger partial charge on any atom is -0.337 e. The zero-order valence-corrected chi connectivity index (χ0v) is 10.8. The van der Waals surface area contributed by atoms with Crippen molar-refractivity contribution in [3.63, 3.8) is 0 Å². The molecule has 0 amide bonds. The van der Waals surface area contributed by atoms with Crippen LogP contribution in [0, 0.1) is 18.6 Å². The molecule has 0 aliphatic heterocycles. The zero-order valence-electron chi connectivity index (χ0n) is 9.22. The van der Waals surface area contributed by atoms with Crippen LogP contribution in [0.4, 0.5) is 8.78 Å². The first kappa shape index (κ1) is 11.6. The quantitative estimate of drug-likeness (QED) is 0.699. The molecule has 1 aromatic carbocycles. The first-order valence-corrected chi connectivity index (χ1v) is 6.40. The van der Waals surface area contributed by atoms with Gasteiger partial charge >= 0.3 is 0 Å². The predicted octanol–water partition coefficient (Wildman–Crippen LogP) is 4.53. The fraction of sp³-hybridized carbons (Fsp3) is 0.0833. The number of rotatable bonds is 1. The second kappa shape index (κ2) is 4.03. The summed E-state index contributed by atoms with van der Waals surface area (Å²) in [5.41, 5.74) is 1.78. The van der Waals surface area contributed by atoms with E-state index in [4.69, 9.17) is 11.6 Å². The van der Waals surface area contributed by atoms with Crippen LogP contribution in [0.15, 0.2) is 17.5 Å². The Morgan fingerprint density at radius 2 is 2.00 bits per heavy atom. The van der Waals surface area contributed by atoms with Crippen LogP contribution >= 0.6 is 22.9 Å². The van der Waals surface area contributed by atoms with Crippen molar-refractivity contribution in [3.05, 3.63) is 39.7 Å². The third-order valence-electron chi connectivity index (χ3n) is 2.64. The van der Waals surface area contributed by atoms with Crippen LogP contribution in [-0.4, -0.2) is 9.97 Å². The van der Waals surface area contributed by atoms with E-state index in [-0.39, 0.29) is 0 Å². The number of nitrogens with zero attached hydrogens (tertiary/aromatic N) is 1. The van der Waals surface area contributed by atoms with Crippen LogP contribution in [0.3, 0.4) is 0 Å². The van der Waals surface area contributed by atoms with E-state index in [0.717, 1.165) is 22.6 Å². The molecule has 3 aromatic rings. The maximum atomic E-state index is 13.1. The van der Waals surface area contributed by atoms with Crippen LogP contribution in [-0.2, 0) is 0 Å². The summed E-state index contributed by atoms with van der Waals surface area (Å²) in [6.07, 6.45) is 0. The third-order valence-corrected chi connectivity index (χ3v) is 4.34. The normalized spacial score (nSPS) is 11.3. The molecule has 18 heavy (non-hydrogen) atoms. The molecule has 0 radical (unpaired) electrons. The van der Waals surface area contributed by atoms with E-state index in [1.807, 2.05) is 12.3 Å². The van der Waals surface area contributed by atoms with Crippen LogP contribution in [0.25, 0.3) is 21.7 Å². The van der Waals surface area contributed by atoms with Crippen molar-refractivity contribution in [2.45, 2.75) is 6.92 Å². The number of aromatic amines is 1. The number of thiophene rings is 1. The molecule has 0 aliphatic carbocycles. The van der Waals surface area contributed by atoms with E-state index >= 15 is 0 Å². The summed E-state index contributed by atoms with van der Waals surface area (Å²) in [4.78, 5) is 7.93. The second-order valence-electron chi connectivity index (χ2n) is 3.93. The highest BCUT2D eigenvalue weighted by molar-refractivity contribution is 7.14. The van der Waals surface area contributed by atoms with E-state index in [1.165, 1.54) is 11.3 Å². The molecule has 2 heterocycles. The van der Waals surface area contributed by atoms with Crippen molar-refractivity contribution >= 4 is 34.0 Å². The molecule has 0 aliphatic rings. The number of aromatic nitrogens is 2. The number of imidazole rings is 1. The van der Waals surface area contributed by atoms with Gasteiger partial charge in [-0.15, -0.1) is 11.3 Å². The van der Waals surface area contributed by atoms with Gasteiger partial charge in [-0.25, -0.2) is 13.8 Å². The number of halogens is 3. The summed E-state index contributed by atoms with van der Waals surface area (Å²) in [5.74, 6) is -1.28. The molecule has 92 valence electrons. The van der Waals surface area contributed by atoms with Crippen LogP contribution in [0.5, 0.6) is 0 Å². The highest BCUT2D eigenvalue weighted by atomic mass is 35.5. The number of nitrogens with one attached hydrogen (secondary N) is 1. The molecular weight excluding hydrogens is 278 g/mol. The first-order valence-electron chi connectivity index (χ1n) is 5.15. The summed E-state index contributed by atoms with van der Waals surface area (Å²) >= 11 is 7.58. The molecule has 0 fully saturated rings. The van der Waals surface area contributed by atoms with Crippen LogP contribution in [0.1, 0.15) is 5.56 Å². The molecule has 6 heteroatoms. The summed E-state index contributed by atoms with van der Waals surface area (Å²) in [7, 11) is 0. The monoisotopic (exact) mass is 284 g/mol. The molecule has 0 saturated carbocycles. The van der Waals surface area contributed by atoms with Gasteiger partial charge in [-0.1, -0.05) is 11.6 Å². The van der Waals surface area contributed by atoms with Crippen LogP contribution < -0.4 is 0 Å². The maximum absolute atomic E-state index is 13.1. The fourth-order valence-corrected chi connectivity index (χ4v) is 2.93. The van der Waals surface area contributed by atoms with Crippen molar-refractivity contribution < 1.29 is 8.78 Å². The first-order chi connectivity index (χ1) is 8.56. The third kappa shape index (κ3) is 1.71. The Labute approximate surface area is 110 Å². The lowest BCUT2D eigenvalue weighted by Gasteiger charge is -1.92. The Hall–Kier alpha value is -1.46. The highest BCUT2D eigenvalue weighted by Crippen LogP contribution is 2.35. The second-order valence-corrected chi connectivity index (χ2v) is 5.19. The van der Waals surface area contributed by atoms with Gasteiger partial charge in [-0.3, -0.25) is 0 Å². The van der Waals surface area contributed by atoms with Gasteiger partial charge in [-0.05, 0) is 17.9 Å². The Kier molecular flexibility index (Phi) is 2.60. The summed E-state index contributed by atoms with van der Waals surface area (Å²) in [5, 5.41) is 2.52. The van der Waals surface area contributed by atoms with Gasteiger partial charge in [-0.2, -0.15) is 0 Å². The number of hydrogen-bond donors (Lipinski definition) is 1. The van der Waals surface area contributed by atoms with E-state index in [0.29, 0.717) is 21.9 Å². The number of H-pyrrole nitrogens is 1. The molecule has 2 nitrogen and oxygen atoms in total. The Morgan fingerprint density at radius 1 is 1.28 bits per heavy atom. The minimum absolute atomic E-state index is 0.381. The topological polar surface area (TPSA) is 28.7 Å². The zero-order chi connectivity index (χ0) is 12.9. The molecule has 0 atom stereocenters. The molecule has 2 aromatic heterocycles. The van der Waals surface area contributed by atoms with E-state index in [2.05, 4.69) is 9.97 Å². The SMILES string of the molecule is Cc1csc(-c2nc3cc(F)c(F)cc3[nH]2)c1Cl. The molecule has 3 rings (SSSR count). The highest BCUT2D eigenvalue weighted by Gasteiger charge is 2.14. The average Bonchev–Trinajstić information content (AvgIpc) is 2.85. The van der Waals surface area contributed by atoms with E-state index in [9.17, 15) is 8.78 Å². The van der Waals surface area contributed by atoms with E-state index in [1.54, 1.807) is 0 Å². The molecule has 0 saturated heterocycles. The summed E-state index contributed by atoms with van der Waals surface area (Å²) in [6.45, 7) is 1.89. The van der Waals surface area contributed by atoms with Crippen molar-refractivity contribution in [3.8, 4) is 10.7 Å². The minimum atomic E-state index is -0.908. The Morgan fingerprint density at radius 3 is 2.67 bits per heavy atom. The van der Waals surface area contributed by atoms with Gasteiger partial charge in [0.25, 0.3) is 0 Å². The van der Waals surface area contributed by atoms with Gasteiger partial charge in [0.15, 0.2) is 11.6 Å². The lowest BCUT2D eigenvalue weighted by molar-refractivity contribution is 0.510. The summed E-state index contributed by atoms with van der Waals surface area (Å²) in [6, 6.07) is 2.16. The molecule has 0 spiro atoms. The molecule has 0 unspecified atom stereocenters.